The van der Waals surface area contributed by atoms with Gasteiger partial charge in [-0.15, -0.1) is 0 Å². The Balaban J connectivity index is 1.80. The molecule has 0 bridgehead atoms. The van der Waals surface area contributed by atoms with Crippen molar-refractivity contribution in [2.45, 2.75) is 13.0 Å². The summed E-state index contributed by atoms with van der Waals surface area (Å²) >= 11 is 0. The number of nitrogen functional groups attached to an aromatic ring is 1. The molecule has 2 aromatic carbocycles. The highest BCUT2D eigenvalue weighted by molar-refractivity contribution is 5.87. The number of benzene rings is 2. The second-order valence-electron chi connectivity index (χ2n) is 5.03. The molecule has 22 heavy (non-hydrogen) atoms. The molecular weight excluding hydrogens is 278 g/mol. The summed E-state index contributed by atoms with van der Waals surface area (Å²) in [6.45, 7) is 1.09. The summed E-state index contributed by atoms with van der Waals surface area (Å²) in [4.78, 5) is 4.61. The molecule has 0 aliphatic rings. The standard InChI is InChI=1S/C17H19N3O2/c18-14-7-4-8-15-17(14)19-16(20(15)10-11-21)9-12-22-13-5-2-1-3-6-13/h1-8,21H,9-12,18H2. The Morgan fingerprint density at radius 2 is 1.91 bits per heavy atom. The second-order valence-corrected chi connectivity index (χ2v) is 5.03. The molecule has 0 aliphatic heterocycles. The van der Waals surface area contributed by atoms with Gasteiger partial charge in [0.25, 0.3) is 0 Å². The zero-order chi connectivity index (χ0) is 15.4. The molecule has 1 aromatic heterocycles. The van der Waals surface area contributed by atoms with Crippen LogP contribution in [0.1, 0.15) is 5.82 Å². The predicted octanol–water partition coefficient (Wildman–Crippen LogP) is 2.23. The van der Waals surface area contributed by atoms with Crippen LogP contribution in [0.5, 0.6) is 5.75 Å². The predicted molar refractivity (Wildman–Crippen MR) is 86.9 cm³/mol. The Kier molecular flexibility index (Phi) is 4.25. The lowest BCUT2D eigenvalue weighted by Crippen LogP contribution is -2.10. The van der Waals surface area contributed by atoms with Crippen molar-refractivity contribution in [2.24, 2.45) is 0 Å². The molecule has 0 saturated carbocycles. The average molecular weight is 297 g/mol. The van der Waals surface area contributed by atoms with Crippen molar-refractivity contribution in [1.82, 2.24) is 9.55 Å². The Labute approximate surface area is 129 Å². The Hall–Kier alpha value is -2.53. The van der Waals surface area contributed by atoms with E-state index in [9.17, 15) is 5.11 Å². The number of hydrogen-bond acceptors (Lipinski definition) is 4. The normalized spacial score (nSPS) is 11.0. The number of fused-ring (bicyclic) bond motifs is 1. The maximum atomic E-state index is 9.28. The molecule has 0 radical (unpaired) electrons. The summed E-state index contributed by atoms with van der Waals surface area (Å²) in [5, 5.41) is 9.28. The average Bonchev–Trinajstić information content (AvgIpc) is 2.89. The number of imidazole rings is 1. The molecule has 5 heteroatoms. The van der Waals surface area contributed by atoms with Gasteiger partial charge in [-0.25, -0.2) is 4.98 Å². The molecule has 3 rings (SSSR count). The van der Waals surface area contributed by atoms with Crippen molar-refractivity contribution in [3.05, 3.63) is 54.4 Å². The van der Waals surface area contributed by atoms with E-state index in [1.807, 2.05) is 53.1 Å². The van der Waals surface area contributed by atoms with Gasteiger partial charge in [-0.1, -0.05) is 24.3 Å². The van der Waals surface area contributed by atoms with E-state index < -0.39 is 0 Å². The third-order valence-corrected chi connectivity index (χ3v) is 3.55. The van der Waals surface area contributed by atoms with E-state index >= 15 is 0 Å². The lowest BCUT2D eigenvalue weighted by atomic mass is 10.3. The highest BCUT2D eigenvalue weighted by atomic mass is 16.5. The first-order chi connectivity index (χ1) is 10.8. The highest BCUT2D eigenvalue weighted by Gasteiger charge is 2.12. The summed E-state index contributed by atoms with van der Waals surface area (Å²) in [7, 11) is 0. The third kappa shape index (κ3) is 2.89. The van der Waals surface area contributed by atoms with E-state index in [1.165, 1.54) is 0 Å². The molecular formula is C17H19N3O2. The minimum atomic E-state index is 0.0623. The van der Waals surface area contributed by atoms with Crippen LogP contribution in [0.2, 0.25) is 0 Å². The summed E-state index contributed by atoms with van der Waals surface area (Å²) in [6.07, 6.45) is 0.656. The van der Waals surface area contributed by atoms with E-state index in [1.54, 1.807) is 0 Å². The van der Waals surface area contributed by atoms with Gasteiger partial charge in [-0.3, -0.25) is 0 Å². The van der Waals surface area contributed by atoms with Crippen LogP contribution in [0.15, 0.2) is 48.5 Å². The SMILES string of the molecule is Nc1cccc2c1nc(CCOc1ccccc1)n2CCO. The fourth-order valence-electron chi connectivity index (χ4n) is 2.53. The lowest BCUT2D eigenvalue weighted by molar-refractivity contribution is 0.272. The molecule has 0 fully saturated rings. The molecule has 0 atom stereocenters. The molecule has 3 aromatic rings. The van der Waals surface area contributed by atoms with E-state index in [0.717, 1.165) is 22.6 Å². The van der Waals surface area contributed by atoms with Gasteiger partial charge >= 0.3 is 0 Å². The number of aromatic nitrogens is 2. The Morgan fingerprint density at radius 3 is 2.68 bits per heavy atom. The van der Waals surface area contributed by atoms with Crippen LogP contribution < -0.4 is 10.5 Å². The molecule has 1 heterocycles. The molecule has 0 spiro atoms. The first-order valence-corrected chi connectivity index (χ1v) is 7.32. The quantitative estimate of drug-likeness (QED) is 0.684. The Morgan fingerprint density at radius 1 is 1.09 bits per heavy atom. The largest absolute Gasteiger partial charge is 0.493 e. The summed E-state index contributed by atoms with van der Waals surface area (Å²) in [5.74, 6) is 1.71. The van der Waals surface area contributed by atoms with Gasteiger partial charge in [0.2, 0.25) is 0 Å². The molecule has 0 saturated heterocycles. The molecule has 0 unspecified atom stereocenters. The van der Waals surface area contributed by atoms with Gasteiger partial charge in [0.05, 0.1) is 24.4 Å². The minimum absolute atomic E-state index is 0.0623. The molecule has 3 N–H and O–H groups in total. The zero-order valence-electron chi connectivity index (χ0n) is 12.3. The van der Waals surface area contributed by atoms with Crippen LogP contribution in [0.3, 0.4) is 0 Å². The van der Waals surface area contributed by atoms with Gasteiger partial charge in [-0.2, -0.15) is 0 Å². The molecule has 114 valence electrons. The van der Waals surface area contributed by atoms with E-state index in [2.05, 4.69) is 4.98 Å². The number of hydrogen-bond donors (Lipinski definition) is 2. The van der Waals surface area contributed by atoms with Gasteiger partial charge in [0.15, 0.2) is 0 Å². The third-order valence-electron chi connectivity index (χ3n) is 3.55. The second kappa shape index (κ2) is 6.49. The summed E-state index contributed by atoms with van der Waals surface area (Å²) < 4.78 is 7.72. The fraction of sp³-hybridized carbons (Fsp3) is 0.235. The van der Waals surface area contributed by atoms with Crippen LogP contribution >= 0.6 is 0 Å². The van der Waals surface area contributed by atoms with E-state index in [0.29, 0.717) is 25.3 Å². The van der Waals surface area contributed by atoms with Gasteiger partial charge < -0.3 is 20.1 Å². The van der Waals surface area contributed by atoms with Crippen molar-refractivity contribution in [1.29, 1.82) is 0 Å². The Bertz CT molecular complexity index is 753. The number of para-hydroxylation sites is 2. The number of nitrogens with zero attached hydrogens (tertiary/aromatic N) is 2. The fourth-order valence-corrected chi connectivity index (χ4v) is 2.53. The number of nitrogens with two attached hydrogens (primary N) is 1. The van der Waals surface area contributed by atoms with Crippen LogP contribution in [-0.4, -0.2) is 27.9 Å². The summed E-state index contributed by atoms with van der Waals surface area (Å²) in [6, 6.07) is 15.4. The number of aliphatic hydroxyl groups excluding tert-OH is 1. The number of ether oxygens (including phenoxy) is 1. The smallest absolute Gasteiger partial charge is 0.119 e. The zero-order valence-corrected chi connectivity index (χ0v) is 12.3. The van der Waals surface area contributed by atoms with E-state index in [-0.39, 0.29) is 6.61 Å². The maximum Gasteiger partial charge on any atom is 0.119 e. The summed E-state index contributed by atoms with van der Waals surface area (Å²) in [5.41, 5.74) is 8.37. The number of anilines is 1. The first-order valence-electron chi connectivity index (χ1n) is 7.32. The first kappa shape index (κ1) is 14.4. The molecule has 5 nitrogen and oxygen atoms in total. The van der Waals surface area contributed by atoms with Crippen molar-refractivity contribution in [2.75, 3.05) is 18.9 Å². The highest BCUT2D eigenvalue weighted by Crippen LogP contribution is 2.22. The number of rotatable bonds is 6. The molecule has 0 aliphatic carbocycles. The van der Waals surface area contributed by atoms with Gasteiger partial charge in [0, 0.05) is 13.0 Å². The van der Waals surface area contributed by atoms with Crippen LogP contribution in [0, 0.1) is 0 Å². The monoisotopic (exact) mass is 297 g/mol. The van der Waals surface area contributed by atoms with Crippen LogP contribution in [0.4, 0.5) is 5.69 Å². The lowest BCUT2D eigenvalue weighted by Gasteiger charge is -2.08. The van der Waals surface area contributed by atoms with Gasteiger partial charge in [-0.05, 0) is 24.3 Å². The number of aliphatic hydroxyl groups is 1. The van der Waals surface area contributed by atoms with Crippen LogP contribution in [0.25, 0.3) is 11.0 Å². The maximum absolute atomic E-state index is 9.28. The van der Waals surface area contributed by atoms with Crippen molar-refractivity contribution < 1.29 is 9.84 Å². The van der Waals surface area contributed by atoms with E-state index in [4.69, 9.17) is 10.5 Å². The topological polar surface area (TPSA) is 73.3 Å². The van der Waals surface area contributed by atoms with Crippen molar-refractivity contribution >= 4 is 16.7 Å². The van der Waals surface area contributed by atoms with Crippen molar-refractivity contribution in [3.8, 4) is 5.75 Å². The van der Waals surface area contributed by atoms with Crippen LogP contribution in [-0.2, 0) is 13.0 Å². The van der Waals surface area contributed by atoms with Crippen molar-refractivity contribution in [3.63, 3.8) is 0 Å². The molecule has 0 amide bonds. The van der Waals surface area contributed by atoms with Gasteiger partial charge in [0.1, 0.15) is 17.1 Å². The minimum Gasteiger partial charge on any atom is -0.493 e.